The van der Waals surface area contributed by atoms with E-state index in [-0.39, 0.29) is 12.5 Å². The molecular formula is C15H15ClN2O3S. The van der Waals surface area contributed by atoms with Gasteiger partial charge in [-0.3, -0.25) is 20.4 Å². The third kappa shape index (κ3) is 3.99. The maximum Gasteiger partial charge on any atom is 0.279 e. The third-order valence-electron chi connectivity index (χ3n) is 3.09. The van der Waals surface area contributed by atoms with Gasteiger partial charge in [0.2, 0.25) is 0 Å². The first-order valence-electron chi connectivity index (χ1n) is 6.50. The second kappa shape index (κ2) is 7.29. The molecule has 0 aliphatic rings. The zero-order chi connectivity index (χ0) is 16.1. The zero-order valence-corrected chi connectivity index (χ0v) is 13.7. The van der Waals surface area contributed by atoms with Gasteiger partial charge in [-0.05, 0) is 48.6 Å². The van der Waals surface area contributed by atoms with Crippen LogP contribution in [0.5, 0.6) is 5.75 Å². The van der Waals surface area contributed by atoms with Crippen LogP contribution in [0.15, 0.2) is 29.6 Å². The lowest BCUT2D eigenvalue weighted by atomic mass is 10.1. The summed E-state index contributed by atoms with van der Waals surface area (Å²) in [5, 5.41) is 2.43. The maximum absolute atomic E-state index is 11.7. The third-order valence-corrected chi connectivity index (χ3v) is 4.37. The number of nitrogens with one attached hydrogen (secondary N) is 2. The highest BCUT2D eigenvalue weighted by atomic mass is 35.5. The monoisotopic (exact) mass is 338 g/mol. The molecule has 1 heterocycles. The van der Waals surface area contributed by atoms with Crippen molar-refractivity contribution >= 4 is 34.8 Å². The molecule has 1 aromatic heterocycles. The standard InChI is InChI=1S/C15H15ClN2O3S/c1-9-10(2)12(6-5-11(9)16)21-8-14(19)17-18-15(20)13-4-3-7-22-13/h3-7H,8H2,1-2H3,(H,17,19)(H,18,20). The maximum atomic E-state index is 11.7. The van der Waals surface area contributed by atoms with Crippen molar-refractivity contribution in [2.45, 2.75) is 13.8 Å². The van der Waals surface area contributed by atoms with E-state index in [2.05, 4.69) is 10.9 Å². The van der Waals surface area contributed by atoms with Crippen molar-refractivity contribution in [1.82, 2.24) is 10.9 Å². The summed E-state index contributed by atoms with van der Waals surface area (Å²) < 4.78 is 5.44. The van der Waals surface area contributed by atoms with Crippen LogP contribution in [0, 0.1) is 13.8 Å². The summed E-state index contributed by atoms with van der Waals surface area (Å²) in [7, 11) is 0. The van der Waals surface area contributed by atoms with Gasteiger partial charge in [-0.2, -0.15) is 0 Å². The summed E-state index contributed by atoms with van der Waals surface area (Å²) in [4.78, 5) is 23.8. The Bertz CT molecular complexity index is 686. The first-order valence-corrected chi connectivity index (χ1v) is 7.76. The highest BCUT2D eigenvalue weighted by Gasteiger charge is 2.10. The number of hydrazine groups is 1. The minimum atomic E-state index is -0.447. The first kappa shape index (κ1) is 16.3. The normalized spacial score (nSPS) is 10.1. The zero-order valence-electron chi connectivity index (χ0n) is 12.1. The number of ether oxygens (including phenoxy) is 1. The van der Waals surface area contributed by atoms with Crippen LogP contribution in [0.4, 0.5) is 0 Å². The lowest BCUT2D eigenvalue weighted by Crippen LogP contribution is -2.43. The average molecular weight is 339 g/mol. The quantitative estimate of drug-likeness (QED) is 0.842. The molecule has 22 heavy (non-hydrogen) atoms. The van der Waals surface area contributed by atoms with Crippen LogP contribution in [-0.4, -0.2) is 18.4 Å². The molecule has 0 aliphatic carbocycles. The predicted octanol–water partition coefficient (Wildman–Crippen LogP) is 2.86. The van der Waals surface area contributed by atoms with Gasteiger partial charge in [0.15, 0.2) is 6.61 Å². The van der Waals surface area contributed by atoms with Crippen LogP contribution in [0.25, 0.3) is 0 Å². The van der Waals surface area contributed by atoms with E-state index in [1.54, 1.807) is 29.6 Å². The number of thiophene rings is 1. The molecule has 5 nitrogen and oxygen atoms in total. The summed E-state index contributed by atoms with van der Waals surface area (Å²) in [5.41, 5.74) is 6.42. The van der Waals surface area contributed by atoms with E-state index < -0.39 is 5.91 Å². The highest BCUT2D eigenvalue weighted by molar-refractivity contribution is 7.12. The summed E-state index contributed by atoms with van der Waals surface area (Å²) in [5.74, 6) is -0.222. The Labute approximate surface area is 137 Å². The van der Waals surface area contributed by atoms with Gasteiger partial charge in [0.1, 0.15) is 5.75 Å². The largest absolute Gasteiger partial charge is 0.483 e. The van der Waals surface area contributed by atoms with Crippen molar-refractivity contribution in [3.05, 3.63) is 50.7 Å². The minimum absolute atomic E-state index is 0.202. The van der Waals surface area contributed by atoms with Crippen molar-refractivity contribution in [2.75, 3.05) is 6.61 Å². The topological polar surface area (TPSA) is 67.4 Å². The van der Waals surface area contributed by atoms with E-state index in [0.29, 0.717) is 15.6 Å². The van der Waals surface area contributed by atoms with Gasteiger partial charge in [0.25, 0.3) is 11.8 Å². The van der Waals surface area contributed by atoms with Crippen molar-refractivity contribution in [3.63, 3.8) is 0 Å². The molecule has 0 unspecified atom stereocenters. The molecule has 1 aromatic carbocycles. The average Bonchev–Trinajstić information content (AvgIpc) is 3.04. The van der Waals surface area contributed by atoms with Crippen LogP contribution in [-0.2, 0) is 4.79 Å². The number of hydrogen-bond acceptors (Lipinski definition) is 4. The van der Waals surface area contributed by atoms with E-state index in [9.17, 15) is 9.59 Å². The van der Waals surface area contributed by atoms with Gasteiger partial charge in [-0.25, -0.2) is 0 Å². The fourth-order valence-electron chi connectivity index (χ4n) is 1.69. The molecule has 0 bridgehead atoms. The molecule has 0 saturated heterocycles. The van der Waals surface area contributed by atoms with E-state index in [1.165, 1.54) is 11.3 Å². The van der Waals surface area contributed by atoms with Crippen molar-refractivity contribution < 1.29 is 14.3 Å². The van der Waals surface area contributed by atoms with Crippen LogP contribution >= 0.6 is 22.9 Å². The van der Waals surface area contributed by atoms with E-state index in [1.807, 2.05) is 13.8 Å². The number of halogens is 1. The molecule has 0 atom stereocenters. The molecule has 2 N–H and O–H groups in total. The van der Waals surface area contributed by atoms with E-state index >= 15 is 0 Å². The molecule has 2 rings (SSSR count). The smallest absolute Gasteiger partial charge is 0.279 e. The van der Waals surface area contributed by atoms with Crippen molar-refractivity contribution in [1.29, 1.82) is 0 Å². The second-order valence-electron chi connectivity index (χ2n) is 4.56. The van der Waals surface area contributed by atoms with Gasteiger partial charge in [0, 0.05) is 5.02 Å². The lowest BCUT2D eigenvalue weighted by Gasteiger charge is -2.12. The number of rotatable bonds is 4. The Hall–Kier alpha value is -2.05. The Morgan fingerprint density at radius 2 is 1.95 bits per heavy atom. The van der Waals surface area contributed by atoms with Crippen LogP contribution in [0.1, 0.15) is 20.8 Å². The summed E-state index contributed by atoms with van der Waals surface area (Å²) >= 11 is 7.29. The Kier molecular flexibility index (Phi) is 5.41. The molecule has 2 aromatic rings. The molecule has 7 heteroatoms. The summed E-state index contributed by atoms with van der Waals surface area (Å²) in [6, 6.07) is 6.86. The number of benzene rings is 1. The molecule has 116 valence electrons. The molecule has 0 spiro atoms. The molecule has 2 amide bonds. The van der Waals surface area contributed by atoms with Crippen LogP contribution in [0.3, 0.4) is 0 Å². The SMILES string of the molecule is Cc1c(Cl)ccc(OCC(=O)NNC(=O)c2cccs2)c1C. The molecule has 0 saturated carbocycles. The lowest BCUT2D eigenvalue weighted by molar-refractivity contribution is -0.123. The molecular weight excluding hydrogens is 324 g/mol. The Morgan fingerprint density at radius 3 is 2.64 bits per heavy atom. The molecule has 0 fully saturated rings. The number of carbonyl (C=O) groups is 2. The van der Waals surface area contributed by atoms with Gasteiger partial charge in [-0.1, -0.05) is 17.7 Å². The van der Waals surface area contributed by atoms with Gasteiger partial charge < -0.3 is 4.74 Å². The number of carbonyl (C=O) groups excluding carboxylic acids is 2. The molecule has 0 radical (unpaired) electrons. The summed E-state index contributed by atoms with van der Waals surface area (Å²) in [6.45, 7) is 3.55. The predicted molar refractivity (Wildman–Crippen MR) is 86.3 cm³/mol. The Morgan fingerprint density at radius 1 is 1.18 bits per heavy atom. The van der Waals surface area contributed by atoms with Gasteiger partial charge in [0.05, 0.1) is 4.88 Å². The van der Waals surface area contributed by atoms with Crippen molar-refractivity contribution in [3.8, 4) is 5.75 Å². The minimum Gasteiger partial charge on any atom is -0.483 e. The van der Waals surface area contributed by atoms with Crippen molar-refractivity contribution in [2.24, 2.45) is 0 Å². The summed E-state index contributed by atoms with van der Waals surface area (Å²) in [6.07, 6.45) is 0. The highest BCUT2D eigenvalue weighted by Crippen LogP contribution is 2.27. The van der Waals surface area contributed by atoms with Gasteiger partial charge in [-0.15, -0.1) is 11.3 Å². The van der Waals surface area contributed by atoms with Crippen LogP contribution < -0.4 is 15.6 Å². The fourth-order valence-corrected chi connectivity index (χ4v) is 2.52. The molecule has 0 aliphatic heterocycles. The Balaban J connectivity index is 1.83. The van der Waals surface area contributed by atoms with E-state index in [4.69, 9.17) is 16.3 Å². The first-order chi connectivity index (χ1) is 10.5. The number of amides is 2. The number of hydrogen-bond donors (Lipinski definition) is 2. The fraction of sp³-hybridized carbons (Fsp3) is 0.200. The second-order valence-corrected chi connectivity index (χ2v) is 5.92. The van der Waals surface area contributed by atoms with Crippen LogP contribution in [0.2, 0.25) is 5.02 Å². The van der Waals surface area contributed by atoms with E-state index in [0.717, 1.165) is 11.1 Å². The van der Waals surface area contributed by atoms with Gasteiger partial charge >= 0.3 is 0 Å².